The Hall–Kier alpha value is -5.74. The van der Waals surface area contributed by atoms with Crippen molar-refractivity contribution in [2.45, 2.75) is 57.1 Å². The summed E-state index contributed by atoms with van der Waals surface area (Å²) in [5, 5.41) is 0. The third kappa shape index (κ3) is 5.77. The molecular formula is C58H45NS2. The quantitative estimate of drug-likeness (QED) is 0.165. The molecule has 0 atom stereocenters. The molecule has 61 heavy (non-hydrogen) atoms. The lowest BCUT2D eigenvalue weighted by atomic mass is 9.43. The molecule has 0 aromatic heterocycles. The number of nitrogens with zero attached hydrogens (tertiary/aromatic N) is 1. The zero-order valence-corrected chi connectivity index (χ0v) is 35.6. The van der Waals surface area contributed by atoms with E-state index in [9.17, 15) is 0 Å². The van der Waals surface area contributed by atoms with E-state index in [1.165, 1.54) is 96.2 Å². The van der Waals surface area contributed by atoms with Gasteiger partial charge < -0.3 is 4.90 Å². The van der Waals surface area contributed by atoms with Crippen LogP contribution >= 0.6 is 23.5 Å². The van der Waals surface area contributed by atoms with Crippen LogP contribution in [0.2, 0.25) is 0 Å². The number of hydrogen-bond acceptors (Lipinski definition) is 3. The van der Waals surface area contributed by atoms with Gasteiger partial charge in [0, 0.05) is 42.1 Å². The van der Waals surface area contributed by atoms with E-state index in [1.807, 2.05) is 23.5 Å². The van der Waals surface area contributed by atoms with Crippen molar-refractivity contribution in [3.05, 3.63) is 199 Å². The molecule has 4 fully saturated rings. The molecule has 1 nitrogen and oxygen atoms in total. The summed E-state index contributed by atoms with van der Waals surface area (Å²) in [6, 6.07) is 70.6. The minimum absolute atomic E-state index is 0.212. The van der Waals surface area contributed by atoms with Crippen molar-refractivity contribution in [3.63, 3.8) is 0 Å². The second kappa shape index (κ2) is 14.2. The van der Waals surface area contributed by atoms with Crippen LogP contribution < -0.4 is 4.90 Å². The molecule has 294 valence electrons. The Balaban J connectivity index is 0.846. The molecular weight excluding hydrogens is 775 g/mol. The van der Waals surface area contributed by atoms with Crippen molar-refractivity contribution in [2.24, 2.45) is 23.7 Å². The van der Waals surface area contributed by atoms with Crippen molar-refractivity contribution in [1.82, 2.24) is 0 Å². The van der Waals surface area contributed by atoms with Gasteiger partial charge in [-0.3, -0.25) is 0 Å². The molecule has 1 heterocycles. The van der Waals surface area contributed by atoms with E-state index >= 15 is 0 Å². The van der Waals surface area contributed by atoms with Gasteiger partial charge in [-0.15, -0.1) is 0 Å². The van der Waals surface area contributed by atoms with Gasteiger partial charge in [-0.05, 0) is 172 Å². The molecule has 4 bridgehead atoms. The highest BCUT2D eigenvalue weighted by Crippen LogP contribution is 2.69. The average Bonchev–Trinajstić information content (AvgIpc) is 3.61. The van der Waals surface area contributed by atoms with Gasteiger partial charge in [-0.2, -0.15) is 0 Å². The first kappa shape index (κ1) is 36.0. The first-order valence-electron chi connectivity index (χ1n) is 22.2. The van der Waals surface area contributed by atoms with Crippen LogP contribution in [-0.4, -0.2) is 0 Å². The van der Waals surface area contributed by atoms with Crippen LogP contribution in [0.1, 0.15) is 43.2 Å². The van der Waals surface area contributed by atoms with Crippen LogP contribution in [0.4, 0.5) is 17.1 Å². The maximum atomic E-state index is 2.56. The molecule has 0 amide bonds. The Labute approximate surface area is 367 Å². The monoisotopic (exact) mass is 819 g/mol. The first-order valence-corrected chi connectivity index (χ1v) is 23.8. The third-order valence-electron chi connectivity index (χ3n) is 14.9. The van der Waals surface area contributed by atoms with E-state index in [4.69, 9.17) is 0 Å². The lowest BCUT2D eigenvalue weighted by molar-refractivity contribution is -0.0399. The second-order valence-electron chi connectivity index (χ2n) is 18.1. The number of rotatable bonds is 6. The fourth-order valence-corrected chi connectivity index (χ4v) is 14.8. The van der Waals surface area contributed by atoms with Gasteiger partial charge in [-0.1, -0.05) is 151 Å². The summed E-state index contributed by atoms with van der Waals surface area (Å²) in [5.74, 6) is 3.49. The minimum Gasteiger partial charge on any atom is -0.310 e. The van der Waals surface area contributed by atoms with Gasteiger partial charge in [0.2, 0.25) is 0 Å². The summed E-state index contributed by atoms with van der Waals surface area (Å²) in [4.78, 5) is 7.67. The number of fused-ring (bicyclic) bond motifs is 5. The fraction of sp³-hybridized carbons (Fsp3) is 0.172. The summed E-state index contributed by atoms with van der Waals surface area (Å²) >= 11 is 3.81. The Kier molecular flexibility index (Phi) is 8.35. The first-order chi connectivity index (χ1) is 30.2. The van der Waals surface area contributed by atoms with E-state index in [0.29, 0.717) is 0 Å². The Morgan fingerprint density at radius 2 is 0.803 bits per heavy atom. The van der Waals surface area contributed by atoms with Gasteiger partial charge in [0.25, 0.3) is 0 Å². The summed E-state index contributed by atoms with van der Waals surface area (Å²) < 4.78 is 0. The van der Waals surface area contributed by atoms with Crippen LogP contribution in [0.3, 0.4) is 0 Å². The van der Waals surface area contributed by atoms with E-state index in [1.54, 1.807) is 11.1 Å². The van der Waals surface area contributed by atoms with E-state index < -0.39 is 0 Å². The lowest BCUT2D eigenvalue weighted by Gasteiger charge is -2.61. The highest BCUT2D eigenvalue weighted by Gasteiger charge is 2.61. The SMILES string of the molecule is c1ccc(-c2ccc(N(c3ccc(-c4ccccc4)cc3)c3ccc4c(c3)Sc3cc(-c5ccc6c(c5)-c5ccccc5C65C6CC7CC(C6)CC5C7)ccc3S4)cc2)cc1. The lowest BCUT2D eigenvalue weighted by Crippen LogP contribution is -2.55. The highest BCUT2D eigenvalue weighted by atomic mass is 32.2. The summed E-state index contributed by atoms with van der Waals surface area (Å²) in [5.41, 5.74) is 17.4. The van der Waals surface area contributed by atoms with Crippen molar-refractivity contribution in [2.75, 3.05) is 4.90 Å². The maximum absolute atomic E-state index is 2.56. The zero-order chi connectivity index (χ0) is 40.1. The largest absolute Gasteiger partial charge is 0.310 e. The van der Waals surface area contributed by atoms with Crippen molar-refractivity contribution in [1.29, 1.82) is 0 Å². The Morgan fingerprint density at radius 3 is 1.44 bits per heavy atom. The van der Waals surface area contributed by atoms with Gasteiger partial charge in [0.1, 0.15) is 0 Å². The average molecular weight is 820 g/mol. The van der Waals surface area contributed by atoms with E-state index in [-0.39, 0.29) is 5.41 Å². The molecule has 0 saturated heterocycles. The zero-order valence-electron chi connectivity index (χ0n) is 34.0. The number of benzene rings is 8. The Bertz CT molecular complexity index is 2860. The highest BCUT2D eigenvalue weighted by molar-refractivity contribution is 8.05. The summed E-state index contributed by atoms with van der Waals surface area (Å²) in [7, 11) is 0. The van der Waals surface area contributed by atoms with Crippen LogP contribution in [0.25, 0.3) is 44.5 Å². The molecule has 0 N–H and O–H groups in total. The molecule has 6 aliphatic rings. The van der Waals surface area contributed by atoms with Crippen LogP contribution in [0, 0.1) is 23.7 Å². The molecule has 8 aromatic rings. The van der Waals surface area contributed by atoms with E-state index in [2.05, 4.69) is 193 Å². The predicted molar refractivity (Wildman–Crippen MR) is 255 cm³/mol. The smallest absolute Gasteiger partial charge is 0.0473 e. The number of hydrogen-bond donors (Lipinski definition) is 0. The normalized spacial score (nSPS) is 22.4. The molecule has 8 aromatic carbocycles. The van der Waals surface area contributed by atoms with Gasteiger partial charge >= 0.3 is 0 Å². The minimum atomic E-state index is 0.212. The van der Waals surface area contributed by atoms with Gasteiger partial charge in [-0.25, -0.2) is 0 Å². The van der Waals surface area contributed by atoms with Crippen LogP contribution in [-0.2, 0) is 5.41 Å². The van der Waals surface area contributed by atoms with Crippen molar-refractivity contribution >= 4 is 40.6 Å². The van der Waals surface area contributed by atoms with Gasteiger partial charge in [0.15, 0.2) is 0 Å². The molecule has 4 saturated carbocycles. The molecule has 3 heteroatoms. The summed E-state index contributed by atoms with van der Waals surface area (Å²) in [6.45, 7) is 0. The van der Waals surface area contributed by atoms with Crippen LogP contribution in [0.5, 0.6) is 0 Å². The number of anilines is 3. The summed E-state index contributed by atoms with van der Waals surface area (Å²) in [6.07, 6.45) is 7.17. The van der Waals surface area contributed by atoms with Crippen molar-refractivity contribution in [3.8, 4) is 44.5 Å². The third-order valence-corrected chi connectivity index (χ3v) is 17.4. The molecule has 0 unspecified atom stereocenters. The molecule has 0 radical (unpaired) electrons. The van der Waals surface area contributed by atoms with E-state index in [0.717, 1.165) is 40.7 Å². The van der Waals surface area contributed by atoms with Crippen LogP contribution in [0.15, 0.2) is 208 Å². The predicted octanol–water partition coefficient (Wildman–Crippen LogP) is 16.5. The molecule has 1 aliphatic heterocycles. The maximum Gasteiger partial charge on any atom is 0.0473 e. The van der Waals surface area contributed by atoms with Crippen molar-refractivity contribution < 1.29 is 0 Å². The topological polar surface area (TPSA) is 3.24 Å². The second-order valence-corrected chi connectivity index (χ2v) is 20.3. The standard InChI is InChI=1S/C58H45NS2/c1-3-9-39(10-4-1)41-15-21-47(22-16-41)59(48-23-17-42(18-24-48)40-11-5-2-6-12-40)49-25-28-55-57(36-49)61-56-35-44(20-27-54(56)60-55)43-19-26-53-51(34-43)50-13-7-8-14-52(50)58(53)45-30-37-29-38(32-45)33-46(58)31-37/h1-28,34-38,45-46H,29-33H2. The Morgan fingerprint density at radius 1 is 0.344 bits per heavy atom. The molecule has 1 spiro atoms. The fourth-order valence-electron chi connectivity index (χ4n) is 12.5. The van der Waals surface area contributed by atoms with Gasteiger partial charge in [0.05, 0.1) is 0 Å². The molecule has 14 rings (SSSR count). The molecule has 5 aliphatic carbocycles.